The second-order valence-electron chi connectivity index (χ2n) is 12.1. The number of carboxylic acids is 1. The first-order valence-electron chi connectivity index (χ1n) is 20.1. The normalized spacial score (nSPS) is 11.3. The highest BCUT2D eigenvalue weighted by molar-refractivity contribution is 5.80. The van der Waals surface area contributed by atoms with Crippen molar-refractivity contribution in [1.82, 2.24) is 5.32 Å². The Morgan fingerprint density at radius 3 is 1.07 bits per heavy atom. The lowest BCUT2D eigenvalue weighted by Crippen LogP contribution is -2.25. The molecule has 0 aromatic heterocycles. The maximum Gasteiger partial charge on any atom is 0.305 e. The van der Waals surface area contributed by atoms with Crippen LogP contribution in [-0.4, -0.2) is 181 Å². The molecule has 55 heavy (non-hydrogen) atoms. The lowest BCUT2D eigenvalue weighted by Gasteiger charge is -2.09. The fourth-order valence-corrected chi connectivity index (χ4v) is 4.35. The van der Waals surface area contributed by atoms with Crippen molar-refractivity contribution in [2.45, 2.75) is 71.1 Å². The Bertz CT molecular complexity index is 825. The SMILES string of the molecule is CCCCCCCCC(=O)OCCOCCOCCOCCOCCOCCOCCOCCOCCOCCOCCOCCCNC(=O)CCC(=O)O. The molecule has 326 valence electrons. The summed E-state index contributed by atoms with van der Waals surface area (Å²) >= 11 is 0. The van der Waals surface area contributed by atoms with Gasteiger partial charge in [-0.15, -0.1) is 0 Å². The smallest absolute Gasteiger partial charge is 0.305 e. The van der Waals surface area contributed by atoms with E-state index in [4.69, 9.17) is 61.9 Å². The number of nitrogens with one attached hydrogen (secondary N) is 1. The van der Waals surface area contributed by atoms with Crippen molar-refractivity contribution in [2.24, 2.45) is 0 Å². The molecule has 0 saturated heterocycles. The van der Waals surface area contributed by atoms with Gasteiger partial charge in [0.1, 0.15) is 6.61 Å². The Kier molecular flexibility index (Phi) is 44.6. The Labute approximate surface area is 328 Å². The van der Waals surface area contributed by atoms with Crippen LogP contribution >= 0.6 is 0 Å². The van der Waals surface area contributed by atoms with Crippen molar-refractivity contribution in [1.29, 1.82) is 0 Å². The summed E-state index contributed by atoms with van der Waals surface area (Å²) in [6.07, 6.45) is 7.84. The van der Waals surface area contributed by atoms with Crippen molar-refractivity contribution in [3.8, 4) is 0 Å². The molecule has 0 bridgehead atoms. The van der Waals surface area contributed by atoms with Crippen LogP contribution in [0, 0.1) is 0 Å². The Hall–Kier alpha value is -2.03. The molecule has 17 heteroatoms. The standard InChI is InChI=1S/C38H73NO16/c1-2-3-4-5-6-7-9-38(43)55-35-34-54-33-32-53-31-30-52-29-28-51-27-26-50-25-24-49-23-22-48-21-20-47-19-18-46-17-16-45-15-14-44-13-8-12-39-36(40)10-11-37(41)42/h2-35H2,1H3,(H,39,40)(H,41,42). The van der Waals surface area contributed by atoms with E-state index < -0.39 is 5.97 Å². The van der Waals surface area contributed by atoms with E-state index >= 15 is 0 Å². The highest BCUT2D eigenvalue weighted by atomic mass is 16.6. The number of amides is 1. The van der Waals surface area contributed by atoms with E-state index in [1.54, 1.807) is 0 Å². The van der Waals surface area contributed by atoms with Gasteiger partial charge in [-0.05, 0) is 12.8 Å². The molecule has 0 aromatic rings. The van der Waals surface area contributed by atoms with E-state index in [0.717, 1.165) is 12.8 Å². The zero-order valence-corrected chi connectivity index (χ0v) is 33.6. The number of unbranched alkanes of at least 4 members (excludes halogenated alkanes) is 5. The van der Waals surface area contributed by atoms with Crippen molar-refractivity contribution >= 4 is 17.8 Å². The van der Waals surface area contributed by atoms with Crippen molar-refractivity contribution in [2.75, 3.05) is 159 Å². The first-order valence-corrected chi connectivity index (χ1v) is 20.1. The van der Waals surface area contributed by atoms with E-state index in [9.17, 15) is 14.4 Å². The van der Waals surface area contributed by atoms with Crippen LogP contribution < -0.4 is 5.32 Å². The maximum atomic E-state index is 11.7. The van der Waals surface area contributed by atoms with Gasteiger partial charge in [-0.3, -0.25) is 14.4 Å². The first kappa shape index (κ1) is 53.0. The zero-order valence-electron chi connectivity index (χ0n) is 33.6. The average Bonchev–Trinajstić information content (AvgIpc) is 3.17. The Morgan fingerprint density at radius 2 is 0.709 bits per heavy atom. The van der Waals surface area contributed by atoms with Gasteiger partial charge in [-0.25, -0.2) is 0 Å². The van der Waals surface area contributed by atoms with E-state index in [2.05, 4.69) is 12.2 Å². The number of carboxylic acid groups (broad SMARTS) is 1. The van der Waals surface area contributed by atoms with Crippen molar-refractivity contribution in [3.05, 3.63) is 0 Å². The third-order valence-electron chi connectivity index (χ3n) is 7.30. The van der Waals surface area contributed by atoms with Gasteiger partial charge in [0.15, 0.2) is 0 Å². The summed E-state index contributed by atoms with van der Waals surface area (Å²) in [6.45, 7) is 13.2. The van der Waals surface area contributed by atoms with Crippen LogP contribution in [0.3, 0.4) is 0 Å². The third kappa shape index (κ3) is 48.0. The summed E-state index contributed by atoms with van der Waals surface area (Å²) in [5.41, 5.74) is 0. The molecule has 0 aliphatic rings. The molecule has 1 amide bonds. The van der Waals surface area contributed by atoms with Crippen LogP contribution in [0.1, 0.15) is 71.1 Å². The minimum absolute atomic E-state index is 0.0132. The van der Waals surface area contributed by atoms with E-state index in [-0.39, 0.29) is 31.3 Å². The maximum absolute atomic E-state index is 11.7. The number of hydrogen-bond acceptors (Lipinski definition) is 15. The van der Waals surface area contributed by atoms with Gasteiger partial charge < -0.3 is 67.3 Å². The van der Waals surface area contributed by atoms with Crippen LogP contribution in [-0.2, 0) is 71.2 Å². The van der Waals surface area contributed by atoms with Gasteiger partial charge in [0.05, 0.1) is 145 Å². The summed E-state index contributed by atoms with van der Waals surface area (Å²) in [4.78, 5) is 33.5. The minimum Gasteiger partial charge on any atom is -0.481 e. The highest BCUT2D eigenvalue weighted by Gasteiger charge is 2.05. The third-order valence-corrected chi connectivity index (χ3v) is 7.30. The van der Waals surface area contributed by atoms with Gasteiger partial charge in [-0.1, -0.05) is 39.0 Å². The van der Waals surface area contributed by atoms with Crippen LogP contribution in [0.2, 0.25) is 0 Å². The second-order valence-corrected chi connectivity index (χ2v) is 12.1. The Balaban J connectivity index is 3.12. The van der Waals surface area contributed by atoms with Crippen molar-refractivity contribution < 1.29 is 76.3 Å². The average molecular weight is 800 g/mol. The molecule has 0 fully saturated rings. The van der Waals surface area contributed by atoms with Crippen LogP contribution in [0.5, 0.6) is 0 Å². The molecule has 0 spiro atoms. The molecule has 0 aromatic carbocycles. The first-order chi connectivity index (χ1) is 27.1. The predicted molar refractivity (Wildman–Crippen MR) is 202 cm³/mol. The molecular weight excluding hydrogens is 726 g/mol. The minimum atomic E-state index is -0.985. The number of ether oxygens (including phenoxy) is 12. The lowest BCUT2D eigenvalue weighted by atomic mass is 10.1. The summed E-state index contributed by atoms with van der Waals surface area (Å²) in [5, 5.41) is 11.2. The topological polar surface area (TPSA) is 194 Å². The van der Waals surface area contributed by atoms with Gasteiger partial charge in [0.2, 0.25) is 5.91 Å². The number of esters is 1. The molecule has 0 saturated carbocycles. The Morgan fingerprint density at radius 1 is 0.382 bits per heavy atom. The quantitative estimate of drug-likeness (QED) is 0.0674. The van der Waals surface area contributed by atoms with E-state index in [0.29, 0.717) is 165 Å². The summed E-state index contributed by atoms with van der Waals surface area (Å²) in [7, 11) is 0. The molecule has 0 atom stereocenters. The molecule has 17 nitrogen and oxygen atoms in total. The van der Waals surface area contributed by atoms with Gasteiger partial charge in [0.25, 0.3) is 0 Å². The zero-order chi connectivity index (χ0) is 40.0. The number of hydrogen-bond donors (Lipinski definition) is 2. The molecule has 0 radical (unpaired) electrons. The predicted octanol–water partition coefficient (Wildman–Crippen LogP) is 2.83. The summed E-state index contributed by atoms with van der Waals surface area (Å²) in [5.74, 6) is -1.41. The fraction of sp³-hybridized carbons (Fsp3) is 0.921. The fourth-order valence-electron chi connectivity index (χ4n) is 4.35. The molecular formula is C38H73NO16. The second kappa shape index (κ2) is 46.4. The summed E-state index contributed by atoms with van der Waals surface area (Å²) in [6, 6.07) is 0. The highest BCUT2D eigenvalue weighted by Crippen LogP contribution is 2.07. The number of carbonyl (C=O) groups excluding carboxylic acids is 2. The lowest BCUT2D eigenvalue weighted by molar-refractivity contribution is -0.145. The molecule has 0 unspecified atom stereocenters. The monoisotopic (exact) mass is 799 g/mol. The largest absolute Gasteiger partial charge is 0.481 e. The van der Waals surface area contributed by atoms with Gasteiger partial charge in [-0.2, -0.15) is 0 Å². The van der Waals surface area contributed by atoms with Crippen LogP contribution in [0.25, 0.3) is 0 Å². The molecule has 2 N–H and O–H groups in total. The summed E-state index contributed by atoms with van der Waals surface area (Å²) < 4.78 is 65.2. The van der Waals surface area contributed by atoms with Crippen molar-refractivity contribution in [3.63, 3.8) is 0 Å². The van der Waals surface area contributed by atoms with E-state index in [1.165, 1.54) is 25.7 Å². The number of rotatable bonds is 47. The molecule has 0 aliphatic carbocycles. The van der Waals surface area contributed by atoms with Gasteiger partial charge >= 0.3 is 11.9 Å². The van der Waals surface area contributed by atoms with E-state index in [1.807, 2.05) is 0 Å². The number of aliphatic carboxylic acids is 1. The molecule has 0 heterocycles. The van der Waals surface area contributed by atoms with Crippen LogP contribution in [0.4, 0.5) is 0 Å². The molecule has 0 aliphatic heterocycles. The van der Waals surface area contributed by atoms with Crippen LogP contribution in [0.15, 0.2) is 0 Å². The van der Waals surface area contributed by atoms with Gasteiger partial charge in [0, 0.05) is 26.0 Å². The molecule has 0 rings (SSSR count). The number of carbonyl (C=O) groups is 3.